The molecule has 0 spiro atoms. The van der Waals surface area contributed by atoms with Gasteiger partial charge in [0.1, 0.15) is 0 Å². The molecule has 5 nitrogen and oxygen atoms in total. The average molecular weight is 283 g/mol. The van der Waals surface area contributed by atoms with Crippen LogP contribution in [0, 0.1) is 5.92 Å². The van der Waals surface area contributed by atoms with E-state index in [1.807, 2.05) is 18.7 Å². The lowest BCUT2D eigenvalue weighted by Gasteiger charge is -2.40. The molecule has 116 valence electrons. The van der Waals surface area contributed by atoms with Crippen LogP contribution in [0.5, 0.6) is 0 Å². The van der Waals surface area contributed by atoms with Crippen LogP contribution in [0.25, 0.3) is 0 Å². The van der Waals surface area contributed by atoms with Crippen LogP contribution in [-0.4, -0.2) is 71.7 Å². The zero-order valence-corrected chi connectivity index (χ0v) is 13.1. The molecule has 2 rings (SSSR count). The first-order valence-electron chi connectivity index (χ1n) is 7.84. The summed E-state index contributed by atoms with van der Waals surface area (Å²) in [5, 5.41) is 13.2. The summed E-state index contributed by atoms with van der Waals surface area (Å²) in [5.41, 5.74) is -0.661. The lowest BCUT2D eigenvalue weighted by Crippen LogP contribution is -2.58. The second-order valence-corrected chi connectivity index (χ2v) is 6.97. The third-order valence-electron chi connectivity index (χ3n) is 4.33. The van der Waals surface area contributed by atoms with E-state index < -0.39 is 5.60 Å². The van der Waals surface area contributed by atoms with Gasteiger partial charge >= 0.3 is 0 Å². The molecule has 0 saturated carbocycles. The Labute approximate surface area is 122 Å². The Morgan fingerprint density at radius 1 is 1.30 bits per heavy atom. The average Bonchev–Trinajstić information content (AvgIpc) is 2.37. The van der Waals surface area contributed by atoms with E-state index in [0.29, 0.717) is 12.5 Å². The number of rotatable bonds is 3. The van der Waals surface area contributed by atoms with Crippen molar-refractivity contribution in [3.63, 3.8) is 0 Å². The molecule has 2 N–H and O–H groups in total. The van der Waals surface area contributed by atoms with Crippen molar-refractivity contribution in [3.05, 3.63) is 0 Å². The number of nitrogens with zero attached hydrogens (tertiary/aromatic N) is 2. The van der Waals surface area contributed by atoms with Crippen molar-refractivity contribution in [1.29, 1.82) is 0 Å². The minimum atomic E-state index is -0.661. The topological polar surface area (TPSA) is 55.8 Å². The summed E-state index contributed by atoms with van der Waals surface area (Å²) < 4.78 is 0. The van der Waals surface area contributed by atoms with E-state index in [9.17, 15) is 9.90 Å². The molecule has 0 aromatic rings. The number of nitrogens with one attached hydrogen (secondary N) is 1. The van der Waals surface area contributed by atoms with Gasteiger partial charge in [0.2, 0.25) is 5.91 Å². The van der Waals surface area contributed by atoms with Crippen molar-refractivity contribution in [2.75, 3.05) is 39.3 Å². The third-order valence-corrected chi connectivity index (χ3v) is 4.33. The number of piperazine rings is 1. The Morgan fingerprint density at radius 2 is 1.95 bits per heavy atom. The van der Waals surface area contributed by atoms with Crippen LogP contribution in [-0.2, 0) is 4.79 Å². The van der Waals surface area contributed by atoms with Gasteiger partial charge in [-0.1, -0.05) is 6.92 Å². The molecule has 0 aliphatic carbocycles. The summed E-state index contributed by atoms with van der Waals surface area (Å²) >= 11 is 0. The zero-order chi connectivity index (χ0) is 14.8. The van der Waals surface area contributed by atoms with E-state index in [-0.39, 0.29) is 11.9 Å². The summed E-state index contributed by atoms with van der Waals surface area (Å²) in [6.45, 7) is 10.7. The summed E-state index contributed by atoms with van der Waals surface area (Å²) in [6, 6.07) is 0.00424. The van der Waals surface area contributed by atoms with Crippen LogP contribution < -0.4 is 5.32 Å². The van der Waals surface area contributed by atoms with Gasteiger partial charge in [-0.25, -0.2) is 0 Å². The van der Waals surface area contributed by atoms with Crippen LogP contribution in [0.3, 0.4) is 0 Å². The fraction of sp³-hybridized carbons (Fsp3) is 0.933. The van der Waals surface area contributed by atoms with Gasteiger partial charge in [0.25, 0.3) is 0 Å². The van der Waals surface area contributed by atoms with Gasteiger partial charge in [-0.15, -0.1) is 0 Å². The number of hydrogen-bond acceptors (Lipinski definition) is 4. The fourth-order valence-electron chi connectivity index (χ4n) is 3.25. The van der Waals surface area contributed by atoms with Crippen molar-refractivity contribution >= 4 is 5.91 Å². The highest BCUT2D eigenvalue weighted by Crippen LogP contribution is 2.18. The maximum Gasteiger partial charge on any atom is 0.240 e. The first-order chi connectivity index (χ1) is 9.37. The van der Waals surface area contributed by atoms with Crippen molar-refractivity contribution in [2.45, 2.75) is 45.3 Å². The van der Waals surface area contributed by atoms with Gasteiger partial charge < -0.3 is 15.3 Å². The molecule has 2 saturated heterocycles. The Balaban J connectivity index is 1.82. The number of carbonyl (C=O) groups is 1. The maximum absolute atomic E-state index is 12.6. The third kappa shape index (κ3) is 4.17. The molecular weight excluding hydrogens is 254 g/mol. The van der Waals surface area contributed by atoms with E-state index in [1.54, 1.807) is 0 Å². The molecule has 0 bridgehead atoms. The van der Waals surface area contributed by atoms with E-state index in [1.165, 1.54) is 6.42 Å². The van der Waals surface area contributed by atoms with Gasteiger partial charge in [0.05, 0.1) is 11.6 Å². The number of hydrogen-bond donors (Lipinski definition) is 2. The number of amides is 1. The minimum absolute atomic E-state index is 0.00424. The quantitative estimate of drug-likeness (QED) is 0.782. The molecule has 2 aliphatic heterocycles. The Bertz CT molecular complexity index is 333. The molecule has 2 unspecified atom stereocenters. The van der Waals surface area contributed by atoms with Gasteiger partial charge in [-0.3, -0.25) is 9.69 Å². The molecule has 2 atom stereocenters. The molecule has 0 radical (unpaired) electrons. The second-order valence-electron chi connectivity index (χ2n) is 6.97. The van der Waals surface area contributed by atoms with Crippen molar-refractivity contribution < 1.29 is 9.90 Å². The Hall–Kier alpha value is -0.650. The summed E-state index contributed by atoms with van der Waals surface area (Å²) in [7, 11) is 0. The first kappa shape index (κ1) is 15.7. The largest absolute Gasteiger partial charge is 0.389 e. The molecular formula is C15H29N3O2. The summed E-state index contributed by atoms with van der Waals surface area (Å²) in [4.78, 5) is 16.8. The predicted molar refractivity (Wildman–Crippen MR) is 79.5 cm³/mol. The van der Waals surface area contributed by atoms with Gasteiger partial charge in [0.15, 0.2) is 0 Å². The fourth-order valence-corrected chi connectivity index (χ4v) is 3.25. The molecule has 1 amide bonds. The van der Waals surface area contributed by atoms with E-state index in [4.69, 9.17) is 0 Å². The Kier molecular flexibility index (Phi) is 5.04. The number of β-amino-alcohol motifs (C(OH)–C–C–N with tert-alkyl or cyclic N) is 1. The summed E-state index contributed by atoms with van der Waals surface area (Å²) in [5.74, 6) is 0.700. The highest BCUT2D eigenvalue weighted by molar-refractivity contribution is 5.82. The lowest BCUT2D eigenvalue weighted by molar-refractivity contribution is -0.137. The van der Waals surface area contributed by atoms with Crippen LogP contribution in [0.15, 0.2) is 0 Å². The minimum Gasteiger partial charge on any atom is -0.389 e. The molecule has 2 heterocycles. The predicted octanol–water partition coefficient (Wildman–Crippen LogP) is 0.290. The van der Waals surface area contributed by atoms with Crippen molar-refractivity contribution in [2.24, 2.45) is 5.92 Å². The molecule has 0 aromatic carbocycles. The highest BCUT2D eigenvalue weighted by atomic mass is 16.3. The van der Waals surface area contributed by atoms with E-state index >= 15 is 0 Å². The molecule has 2 fully saturated rings. The molecule has 5 heteroatoms. The van der Waals surface area contributed by atoms with Gasteiger partial charge in [0, 0.05) is 32.7 Å². The number of carbonyl (C=O) groups excluding carboxylic acids is 1. The Morgan fingerprint density at radius 3 is 2.50 bits per heavy atom. The maximum atomic E-state index is 12.6. The standard InChI is InChI=1S/C15H29N3O2/c1-12-5-4-6-16-13(12)14(19)18-9-7-17(8-10-18)11-15(2,3)20/h12-13,16,20H,4-11H2,1-3H3. The monoisotopic (exact) mass is 283 g/mol. The number of piperidine rings is 1. The van der Waals surface area contributed by atoms with Gasteiger partial charge in [-0.05, 0) is 39.2 Å². The summed E-state index contributed by atoms with van der Waals surface area (Å²) in [6.07, 6.45) is 2.31. The zero-order valence-electron chi connectivity index (χ0n) is 13.1. The first-order valence-corrected chi connectivity index (χ1v) is 7.84. The van der Waals surface area contributed by atoms with E-state index in [2.05, 4.69) is 17.1 Å². The van der Waals surface area contributed by atoms with E-state index in [0.717, 1.165) is 39.1 Å². The smallest absolute Gasteiger partial charge is 0.240 e. The number of aliphatic hydroxyl groups is 1. The van der Waals surface area contributed by atoms with Crippen LogP contribution >= 0.6 is 0 Å². The molecule has 20 heavy (non-hydrogen) atoms. The van der Waals surface area contributed by atoms with Crippen molar-refractivity contribution in [1.82, 2.24) is 15.1 Å². The normalized spacial score (nSPS) is 29.5. The lowest BCUT2D eigenvalue weighted by atomic mass is 9.91. The van der Waals surface area contributed by atoms with Crippen LogP contribution in [0.2, 0.25) is 0 Å². The molecule has 0 aromatic heterocycles. The highest BCUT2D eigenvalue weighted by Gasteiger charge is 2.33. The molecule has 2 aliphatic rings. The SMILES string of the molecule is CC1CCCNC1C(=O)N1CCN(CC(C)(C)O)CC1. The van der Waals surface area contributed by atoms with Crippen LogP contribution in [0.1, 0.15) is 33.6 Å². The second kappa shape index (κ2) is 6.41. The van der Waals surface area contributed by atoms with Gasteiger partial charge in [-0.2, -0.15) is 0 Å². The van der Waals surface area contributed by atoms with Crippen molar-refractivity contribution in [3.8, 4) is 0 Å². The van der Waals surface area contributed by atoms with Crippen LogP contribution in [0.4, 0.5) is 0 Å².